The Bertz CT molecular complexity index is 1340. The number of nitrogens with zero attached hydrogens (tertiary/aromatic N) is 4. The smallest absolute Gasteiger partial charge is 0.326 e. The largest absolute Gasteiger partial charge is 0.330 e. The van der Waals surface area contributed by atoms with Crippen molar-refractivity contribution < 1.29 is 14.1 Å². The average Bonchev–Trinajstić information content (AvgIpc) is 3.11. The number of amides is 1. The van der Waals surface area contributed by atoms with Gasteiger partial charge in [-0.1, -0.05) is 27.2 Å². The molecule has 11 nitrogen and oxygen atoms in total. The molecule has 0 saturated carbocycles. The normalized spacial score (nSPS) is 11.3. The number of anilines is 1. The summed E-state index contributed by atoms with van der Waals surface area (Å²) >= 11 is 0. The summed E-state index contributed by atoms with van der Waals surface area (Å²) in [5, 5.41) is 13.4. The molecule has 12 heteroatoms. The number of nitro groups is 1. The molecule has 0 unspecified atom stereocenters. The Morgan fingerprint density at radius 3 is 2.68 bits per heavy atom. The van der Waals surface area contributed by atoms with E-state index >= 15 is 0 Å². The van der Waals surface area contributed by atoms with E-state index in [1.165, 1.54) is 10.6 Å². The number of halogens is 1. The van der Waals surface area contributed by atoms with Crippen LogP contribution in [0.1, 0.15) is 45.9 Å². The minimum absolute atomic E-state index is 0.0380. The number of carbonyl (C=O) groups excluding carboxylic acids is 1. The highest BCUT2D eigenvalue weighted by Crippen LogP contribution is 2.22. The van der Waals surface area contributed by atoms with E-state index in [-0.39, 0.29) is 35.6 Å². The number of H-pyrrole nitrogens is 1. The van der Waals surface area contributed by atoms with E-state index in [1.807, 2.05) is 20.8 Å². The molecular formula is C22H27FN6O5. The van der Waals surface area contributed by atoms with Crippen molar-refractivity contribution in [1.29, 1.82) is 0 Å². The zero-order chi connectivity index (χ0) is 25.0. The van der Waals surface area contributed by atoms with E-state index in [1.54, 1.807) is 4.57 Å². The molecule has 2 aromatic heterocycles. The molecule has 1 amide bonds. The minimum Gasteiger partial charge on any atom is -0.326 e. The molecule has 3 aromatic rings. The Hall–Kier alpha value is -3.83. The van der Waals surface area contributed by atoms with Gasteiger partial charge in [0.1, 0.15) is 5.82 Å². The maximum Gasteiger partial charge on any atom is 0.330 e. The van der Waals surface area contributed by atoms with E-state index in [0.717, 1.165) is 25.0 Å². The highest BCUT2D eigenvalue weighted by Gasteiger charge is 2.20. The minimum atomic E-state index is -0.996. The zero-order valence-electron chi connectivity index (χ0n) is 19.3. The van der Waals surface area contributed by atoms with Crippen LogP contribution < -0.4 is 16.6 Å². The van der Waals surface area contributed by atoms with E-state index in [9.17, 15) is 28.9 Å². The van der Waals surface area contributed by atoms with Crippen molar-refractivity contribution in [2.45, 2.75) is 59.5 Å². The molecule has 3 rings (SSSR count). The van der Waals surface area contributed by atoms with Gasteiger partial charge in [0.05, 0.1) is 4.92 Å². The number of hydrogen-bond donors (Lipinski definition) is 2. The molecule has 0 atom stereocenters. The Morgan fingerprint density at radius 1 is 1.29 bits per heavy atom. The Balaban J connectivity index is 1.90. The monoisotopic (exact) mass is 474 g/mol. The Kier molecular flexibility index (Phi) is 7.59. The van der Waals surface area contributed by atoms with Gasteiger partial charge in [0.15, 0.2) is 11.2 Å². The van der Waals surface area contributed by atoms with Crippen LogP contribution in [-0.4, -0.2) is 29.9 Å². The number of hydrogen-bond acceptors (Lipinski definition) is 6. The lowest BCUT2D eigenvalue weighted by Crippen LogP contribution is -2.31. The molecule has 0 aliphatic rings. The van der Waals surface area contributed by atoms with Gasteiger partial charge in [0.25, 0.3) is 5.56 Å². The van der Waals surface area contributed by atoms with Gasteiger partial charge in [-0.25, -0.2) is 9.78 Å². The number of unbranched alkanes of at least 4 members (excludes halogenated alkanes) is 1. The molecule has 34 heavy (non-hydrogen) atoms. The van der Waals surface area contributed by atoms with Crippen LogP contribution in [0.25, 0.3) is 11.2 Å². The van der Waals surface area contributed by atoms with Gasteiger partial charge in [0, 0.05) is 37.7 Å². The lowest BCUT2D eigenvalue weighted by Gasteiger charge is -2.11. The fourth-order valence-corrected chi connectivity index (χ4v) is 3.67. The van der Waals surface area contributed by atoms with Crippen LogP contribution in [0, 0.1) is 21.8 Å². The van der Waals surface area contributed by atoms with Crippen molar-refractivity contribution in [3.63, 3.8) is 0 Å². The van der Waals surface area contributed by atoms with Crippen molar-refractivity contribution >= 4 is 28.4 Å². The molecule has 2 heterocycles. The first-order chi connectivity index (χ1) is 16.1. The summed E-state index contributed by atoms with van der Waals surface area (Å²) in [6.07, 6.45) is 1.72. The SMILES string of the molecule is CCCCn1c(=O)[nH]c(=O)c2c1nc(CCC(=O)Nc1ccc(F)c([N+](=O)[O-])c1)n2CC(C)C. The maximum absolute atomic E-state index is 13.5. The van der Waals surface area contributed by atoms with E-state index in [0.29, 0.717) is 18.9 Å². The third-order valence-corrected chi connectivity index (χ3v) is 5.25. The highest BCUT2D eigenvalue weighted by atomic mass is 19.1. The summed E-state index contributed by atoms with van der Waals surface area (Å²) in [7, 11) is 0. The number of aromatic nitrogens is 4. The van der Waals surface area contributed by atoms with Crippen molar-refractivity contribution in [2.24, 2.45) is 5.92 Å². The number of imidazole rings is 1. The fraction of sp³-hybridized carbons (Fsp3) is 0.455. The van der Waals surface area contributed by atoms with Crippen LogP contribution >= 0.6 is 0 Å². The molecule has 1 aromatic carbocycles. The van der Waals surface area contributed by atoms with Gasteiger partial charge in [-0.05, 0) is 24.5 Å². The Labute approximate surface area is 193 Å². The van der Waals surface area contributed by atoms with Crippen molar-refractivity contribution in [3.8, 4) is 0 Å². The first-order valence-corrected chi connectivity index (χ1v) is 11.1. The molecule has 0 bridgehead atoms. The number of rotatable bonds is 10. The second-order valence-corrected chi connectivity index (χ2v) is 8.44. The number of nitrogens with one attached hydrogen (secondary N) is 2. The quantitative estimate of drug-likeness (QED) is 0.341. The second kappa shape index (κ2) is 10.4. The molecule has 0 radical (unpaired) electrons. The van der Waals surface area contributed by atoms with E-state index in [4.69, 9.17) is 0 Å². The molecular weight excluding hydrogens is 447 g/mol. The topological polar surface area (TPSA) is 145 Å². The average molecular weight is 474 g/mol. The van der Waals surface area contributed by atoms with Gasteiger partial charge < -0.3 is 9.88 Å². The lowest BCUT2D eigenvalue weighted by molar-refractivity contribution is -0.387. The summed E-state index contributed by atoms with van der Waals surface area (Å²) in [5.74, 6) is -0.809. The molecule has 0 fully saturated rings. The third-order valence-electron chi connectivity index (χ3n) is 5.25. The van der Waals surface area contributed by atoms with Crippen LogP contribution in [0.5, 0.6) is 0 Å². The van der Waals surface area contributed by atoms with Gasteiger partial charge in [-0.3, -0.25) is 29.3 Å². The van der Waals surface area contributed by atoms with Crippen LogP contribution in [-0.2, 0) is 24.3 Å². The van der Waals surface area contributed by atoms with Crippen LogP contribution in [0.3, 0.4) is 0 Å². The van der Waals surface area contributed by atoms with Gasteiger partial charge in [-0.2, -0.15) is 4.39 Å². The molecule has 182 valence electrons. The molecule has 2 N–H and O–H groups in total. The van der Waals surface area contributed by atoms with Crippen LogP contribution in [0.4, 0.5) is 15.8 Å². The summed E-state index contributed by atoms with van der Waals surface area (Å²) in [6, 6.07) is 3.10. The van der Waals surface area contributed by atoms with Gasteiger partial charge in [0.2, 0.25) is 11.7 Å². The first kappa shape index (κ1) is 24.8. The molecule has 0 spiro atoms. The first-order valence-electron chi connectivity index (χ1n) is 11.1. The van der Waals surface area contributed by atoms with Gasteiger partial charge >= 0.3 is 11.4 Å². The molecule has 0 aliphatic carbocycles. The van der Waals surface area contributed by atoms with Gasteiger partial charge in [-0.15, -0.1) is 0 Å². The number of benzene rings is 1. The summed E-state index contributed by atoms with van der Waals surface area (Å²) in [5.41, 5.74) is -1.13. The number of nitro benzene ring substituents is 1. The standard InChI is InChI=1S/C22H27FN6O5/c1-4-5-10-27-20-19(21(31)26-22(27)32)28(12-13(2)3)17(25-20)8-9-18(30)24-14-6-7-15(23)16(11-14)29(33)34/h6-7,11,13H,4-5,8-10,12H2,1-3H3,(H,24,30)(H,26,31,32). The summed E-state index contributed by atoms with van der Waals surface area (Å²) in [6.45, 7) is 6.82. The molecule has 0 aliphatic heterocycles. The zero-order valence-corrected chi connectivity index (χ0v) is 19.3. The number of aromatic amines is 1. The predicted molar refractivity (Wildman–Crippen MR) is 124 cm³/mol. The number of fused-ring (bicyclic) bond motifs is 1. The van der Waals surface area contributed by atoms with Crippen LogP contribution in [0.15, 0.2) is 27.8 Å². The number of carbonyl (C=O) groups is 1. The van der Waals surface area contributed by atoms with Crippen molar-refractivity contribution in [2.75, 3.05) is 5.32 Å². The summed E-state index contributed by atoms with van der Waals surface area (Å²) < 4.78 is 16.7. The van der Waals surface area contributed by atoms with Crippen molar-refractivity contribution in [1.82, 2.24) is 19.1 Å². The fourth-order valence-electron chi connectivity index (χ4n) is 3.67. The third kappa shape index (κ3) is 5.38. The second-order valence-electron chi connectivity index (χ2n) is 8.44. The number of aryl methyl sites for hydroxylation is 2. The Morgan fingerprint density at radius 2 is 2.03 bits per heavy atom. The lowest BCUT2D eigenvalue weighted by atomic mass is 10.2. The van der Waals surface area contributed by atoms with Crippen LogP contribution in [0.2, 0.25) is 0 Å². The summed E-state index contributed by atoms with van der Waals surface area (Å²) in [4.78, 5) is 54.5. The maximum atomic E-state index is 13.5. The van der Waals surface area contributed by atoms with E-state index in [2.05, 4.69) is 15.3 Å². The molecule has 0 saturated heterocycles. The predicted octanol–water partition coefficient (Wildman–Crippen LogP) is 2.96. The highest BCUT2D eigenvalue weighted by molar-refractivity contribution is 5.91. The van der Waals surface area contributed by atoms with E-state index < -0.39 is 33.6 Å². The van der Waals surface area contributed by atoms with Crippen molar-refractivity contribution in [3.05, 3.63) is 60.8 Å².